The zero-order valence-electron chi connectivity index (χ0n) is 12.2. The van der Waals surface area contributed by atoms with E-state index in [0.717, 1.165) is 5.75 Å². The summed E-state index contributed by atoms with van der Waals surface area (Å²) in [5, 5.41) is 2.71. The van der Waals surface area contributed by atoms with E-state index in [0.29, 0.717) is 13.0 Å². The summed E-state index contributed by atoms with van der Waals surface area (Å²) in [6.45, 7) is 2.06. The molecule has 0 spiro atoms. The molecular weight excluding hydrogens is 315 g/mol. The topological polar surface area (TPSA) is 64.4 Å². The molecule has 4 nitrogen and oxygen atoms in total. The van der Waals surface area contributed by atoms with Crippen molar-refractivity contribution in [3.8, 4) is 5.75 Å². The van der Waals surface area contributed by atoms with E-state index in [4.69, 9.17) is 10.5 Å². The monoisotopic (exact) mass is 336 g/mol. The van der Waals surface area contributed by atoms with Crippen molar-refractivity contribution < 1.29 is 13.9 Å². The molecular formula is C14H22ClFN2O2S. The zero-order chi connectivity index (χ0) is 15.0. The number of hydrogen-bond donors (Lipinski definition) is 2. The molecule has 21 heavy (non-hydrogen) atoms. The van der Waals surface area contributed by atoms with Gasteiger partial charge >= 0.3 is 0 Å². The fraction of sp³-hybridized carbons (Fsp3) is 0.500. The molecule has 1 aromatic rings. The number of carbonyl (C=O) groups excluding carboxylic acids is 1. The van der Waals surface area contributed by atoms with Crippen LogP contribution in [0.4, 0.5) is 4.39 Å². The first-order chi connectivity index (χ1) is 9.54. The number of halogens is 2. The van der Waals surface area contributed by atoms with Crippen LogP contribution in [0.2, 0.25) is 0 Å². The number of ether oxygens (including phenoxy) is 1. The molecule has 1 amide bonds. The van der Waals surface area contributed by atoms with Crippen molar-refractivity contribution >= 4 is 30.1 Å². The highest BCUT2D eigenvalue weighted by atomic mass is 35.5. The van der Waals surface area contributed by atoms with Gasteiger partial charge in [-0.3, -0.25) is 4.79 Å². The Kier molecular flexibility index (Phi) is 10.2. The van der Waals surface area contributed by atoms with Crippen molar-refractivity contribution in [1.82, 2.24) is 5.32 Å². The minimum Gasteiger partial charge on any atom is -0.486 e. The normalized spacial score (nSPS) is 13.0. The van der Waals surface area contributed by atoms with Gasteiger partial charge in [0.15, 0.2) is 11.6 Å². The van der Waals surface area contributed by atoms with E-state index in [1.807, 2.05) is 6.26 Å². The lowest BCUT2D eigenvalue weighted by molar-refractivity contribution is -0.122. The fourth-order valence-corrected chi connectivity index (χ4v) is 2.04. The number of thioether (sulfide) groups is 1. The van der Waals surface area contributed by atoms with Crippen molar-refractivity contribution in [2.45, 2.75) is 25.5 Å². The molecule has 3 N–H and O–H groups in total. The molecule has 7 heteroatoms. The molecule has 120 valence electrons. The van der Waals surface area contributed by atoms with Crippen LogP contribution in [0.25, 0.3) is 0 Å². The summed E-state index contributed by atoms with van der Waals surface area (Å²) in [7, 11) is 0. The highest BCUT2D eigenvalue weighted by Crippen LogP contribution is 2.16. The fourth-order valence-electron chi connectivity index (χ4n) is 1.55. The van der Waals surface area contributed by atoms with Crippen molar-refractivity contribution in [2.24, 2.45) is 5.73 Å². The van der Waals surface area contributed by atoms with Gasteiger partial charge in [-0.25, -0.2) is 4.39 Å². The average Bonchev–Trinajstić information content (AvgIpc) is 2.44. The maximum Gasteiger partial charge on any atom is 0.237 e. The highest BCUT2D eigenvalue weighted by Gasteiger charge is 2.14. The number of carbonyl (C=O) groups is 1. The largest absolute Gasteiger partial charge is 0.486 e. The van der Waals surface area contributed by atoms with Gasteiger partial charge in [-0.15, -0.1) is 12.4 Å². The predicted octanol–water partition coefficient (Wildman–Crippen LogP) is 2.21. The van der Waals surface area contributed by atoms with Crippen LogP contribution in [0.1, 0.15) is 13.3 Å². The van der Waals surface area contributed by atoms with Gasteiger partial charge in [0.25, 0.3) is 0 Å². The summed E-state index contributed by atoms with van der Waals surface area (Å²) in [5.74, 6) is 0.405. The van der Waals surface area contributed by atoms with E-state index in [-0.39, 0.29) is 30.2 Å². The first kappa shape index (κ1) is 20.0. The zero-order valence-corrected chi connectivity index (χ0v) is 13.8. The number of para-hydroxylation sites is 1. The molecule has 0 radical (unpaired) electrons. The van der Waals surface area contributed by atoms with Gasteiger partial charge in [0.05, 0.1) is 12.6 Å². The molecule has 1 unspecified atom stereocenters. The summed E-state index contributed by atoms with van der Waals surface area (Å²) >= 11 is 1.65. The van der Waals surface area contributed by atoms with Crippen LogP contribution in [-0.2, 0) is 4.79 Å². The lowest BCUT2D eigenvalue weighted by Crippen LogP contribution is -2.44. The van der Waals surface area contributed by atoms with Gasteiger partial charge in [0.1, 0.15) is 6.10 Å². The number of amides is 1. The minimum atomic E-state index is -0.511. The van der Waals surface area contributed by atoms with Crippen LogP contribution in [-0.4, -0.2) is 36.6 Å². The van der Waals surface area contributed by atoms with E-state index in [1.165, 1.54) is 6.07 Å². The van der Waals surface area contributed by atoms with Crippen LogP contribution in [0.5, 0.6) is 5.75 Å². The SMILES string of the molecule is CSCC[C@H](N)C(=O)NCC(C)Oc1ccccc1F.Cl. The Balaban J connectivity index is 0.00000400. The van der Waals surface area contributed by atoms with Crippen LogP contribution in [0.15, 0.2) is 24.3 Å². The Bertz CT molecular complexity index is 437. The maximum atomic E-state index is 13.4. The van der Waals surface area contributed by atoms with E-state index in [1.54, 1.807) is 36.9 Å². The molecule has 0 aliphatic rings. The van der Waals surface area contributed by atoms with Crippen LogP contribution < -0.4 is 15.8 Å². The Hall–Kier alpha value is -0.980. The van der Waals surface area contributed by atoms with Crippen molar-refractivity contribution in [3.05, 3.63) is 30.1 Å². The molecule has 2 atom stereocenters. The summed E-state index contributed by atoms with van der Waals surface area (Å²) < 4.78 is 18.8. The Morgan fingerprint density at radius 2 is 2.14 bits per heavy atom. The van der Waals surface area contributed by atoms with Crippen molar-refractivity contribution in [3.63, 3.8) is 0 Å². The van der Waals surface area contributed by atoms with Gasteiger partial charge < -0.3 is 15.8 Å². The summed E-state index contributed by atoms with van der Waals surface area (Å²) in [6.07, 6.45) is 2.27. The summed E-state index contributed by atoms with van der Waals surface area (Å²) in [5.41, 5.74) is 5.74. The number of benzene rings is 1. The second-order valence-electron chi connectivity index (χ2n) is 4.49. The van der Waals surface area contributed by atoms with E-state index >= 15 is 0 Å². The second kappa shape index (κ2) is 10.7. The van der Waals surface area contributed by atoms with Crippen molar-refractivity contribution in [2.75, 3.05) is 18.6 Å². The van der Waals surface area contributed by atoms with Crippen LogP contribution in [0, 0.1) is 5.82 Å². The highest BCUT2D eigenvalue weighted by molar-refractivity contribution is 7.98. The third-order valence-electron chi connectivity index (χ3n) is 2.70. The lowest BCUT2D eigenvalue weighted by Gasteiger charge is -2.17. The third-order valence-corrected chi connectivity index (χ3v) is 3.34. The standard InChI is InChI=1S/C14H21FN2O2S.ClH/c1-10(19-13-6-4-3-5-11(13)15)9-17-14(18)12(16)7-8-20-2;/h3-6,10,12H,7-9,16H2,1-2H3,(H,17,18);1H/t10?,12-;/m0./s1. The first-order valence-corrected chi connectivity index (χ1v) is 7.87. The molecule has 0 heterocycles. The number of rotatable bonds is 8. The van der Waals surface area contributed by atoms with E-state index in [9.17, 15) is 9.18 Å². The van der Waals surface area contributed by atoms with Gasteiger partial charge in [0, 0.05) is 0 Å². The van der Waals surface area contributed by atoms with Gasteiger partial charge in [-0.2, -0.15) is 11.8 Å². The molecule has 0 bridgehead atoms. The van der Waals surface area contributed by atoms with E-state index < -0.39 is 11.9 Å². The Morgan fingerprint density at radius 1 is 1.48 bits per heavy atom. The molecule has 0 saturated carbocycles. The third kappa shape index (κ3) is 7.55. The van der Waals surface area contributed by atoms with Crippen LogP contribution >= 0.6 is 24.2 Å². The molecule has 0 saturated heterocycles. The summed E-state index contributed by atoms with van der Waals surface area (Å²) in [4.78, 5) is 11.7. The lowest BCUT2D eigenvalue weighted by atomic mass is 10.2. The quantitative estimate of drug-likeness (QED) is 0.764. The van der Waals surface area contributed by atoms with Crippen LogP contribution in [0.3, 0.4) is 0 Å². The van der Waals surface area contributed by atoms with Gasteiger partial charge in [-0.05, 0) is 37.5 Å². The average molecular weight is 337 g/mol. The smallest absolute Gasteiger partial charge is 0.237 e. The maximum absolute atomic E-state index is 13.4. The second-order valence-corrected chi connectivity index (χ2v) is 5.48. The van der Waals surface area contributed by atoms with Gasteiger partial charge in [-0.1, -0.05) is 12.1 Å². The number of nitrogens with one attached hydrogen (secondary N) is 1. The number of nitrogens with two attached hydrogens (primary N) is 1. The van der Waals surface area contributed by atoms with E-state index in [2.05, 4.69) is 5.32 Å². The molecule has 0 aliphatic carbocycles. The van der Waals surface area contributed by atoms with Crippen molar-refractivity contribution in [1.29, 1.82) is 0 Å². The molecule has 1 aromatic carbocycles. The minimum absolute atomic E-state index is 0. The number of hydrogen-bond acceptors (Lipinski definition) is 4. The van der Waals surface area contributed by atoms with Gasteiger partial charge in [0.2, 0.25) is 5.91 Å². The molecule has 1 rings (SSSR count). The Labute approximate surface area is 135 Å². The summed E-state index contributed by atoms with van der Waals surface area (Å²) in [6, 6.07) is 5.67. The molecule has 0 fully saturated rings. The Morgan fingerprint density at radius 3 is 2.76 bits per heavy atom. The first-order valence-electron chi connectivity index (χ1n) is 6.48. The predicted molar refractivity (Wildman–Crippen MR) is 87.7 cm³/mol. The molecule has 0 aliphatic heterocycles. The molecule has 0 aromatic heterocycles.